The van der Waals surface area contributed by atoms with Crippen molar-refractivity contribution in [1.29, 1.82) is 0 Å². The zero-order chi connectivity index (χ0) is 14.8. The summed E-state index contributed by atoms with van der Waals surface area (Å²) in [6, 6.07) is 0. The molecule has 0 spiro atoms. The lowest BCUT2D eigenvalue weighted by Gasteiger charge is -2.40. The normalized spacial score (nSPS) is 36.1. The summed E-state index contributed by atoms with van der Waals surface area (Å²) in [6.07, 6.45) is -7.85. The van der Waals surface area contributed by atoms with E-state index in [-0.39, 0.29) is 0 Å². The van der Waals surface area contributed by atoms with E-state index in [0.29, 0.717) is 0 Å². The number of aliphatic carboxylic acids is 1. The Morgan fingerprint density at radius 2 is 1.79 bits per heavy atom. The molecule has 1 saturated heterocycles. The van der Waals surface area contributed by atoms with Crippen LogP contribution < -0.4 is 0 Å². The number of hydrogen-bond donors (Lipinski definition) is 3. The van der Waals surface area contributed by atoms with Gasteiger partial charge < -0.3 is 24.4 Å². The fourth-order valence-corrected chi connectivity index (χ4v) is 2.21. The Bertz CT molecular complexity index is 419. The lowest BCUT2D eigenvalue weighted by Crippen LogP contribution is -2.61. The minimum atomic E-state index is -4.89. The molecule has 19 heavy (non-hydrogen) atoms. The number of methoxy groups -OCH3 is 2. The Labute approximate surface area is 108 Å². The van der Waals surface area contributed by atoms with Crippen molar-refractivity contribution in [3.63, 3.8) is 0 Å². The minimum absolute atomic E-state index is 1.09. The van der Waals surface area contributed by atoms with E-state index in [1.807, 2.05) is 0 Å². The monoisotopic (exact) mass is 302 g/mol. The second-order valence-corrected chi connectivity index (χ2v) is 4.73. The largest absolute Gasteiger partial charge is 0.479 e. The Balaban J connectivity index is 3.02. The predicted molar refractivity (Wildman–Crippen MR) is 56.5 cm³/mol. The third-order valence-electron chi connectivity index (χ3n) is 2.50. The second-order valence-electron chi connectivity index (χ2n) is 3.68. The van der Waals surface area contributed by atoms with Crippen molar-refractivity contribution in [2.45, 2.75) is 30.7 Å². The van der Waals surface area contributed by atoms with Gasteiger partial charge in [-0.2, -0.15) is 8.42 Å². The fraction of sp³-hybridized carbons (Fsp3) is 0.875. The van der Waals surface area contributed by atoms with E-state index in [4.69, 9.17) is 23.9 Å². The second kappa shape index (κ2) is 6.09. The summed E-state index contributed by atoms with van der Waals surface area (Å²) < 4.78 is 48.5. The average molecular weight is 302 g/mol. The molecule has 3 N–H and O–H groups in total. The molecule has 0 saturated carbocycles. The number of aliphatic hydroxyl groups excluding tert-OH is 1. The molecule has 0 aromatic carbocycles. The number of ether oxygens (including phenoxy) is 3. The molecule has 0 aromatic rings. The van der Waals surface area contributed by atoms with Crippen molar-refractivity contribution in [3.8, 4) is 0 Å². The average Bonchev–Trinajstić information content (AvgIpc) is 2.29. The van der Waals surface area contributed by atoms with Crippen LogP contribution in [0, 0.1) is 0 Å². The van der Waals surface area contributed by atoms with Crippen LogP contribution in [0.2, 0.25) is 0 Å². The Morgan fingerprint density at radius 3 is 2.16 bits per heavy atom. The SMILES string of the molecule is CO[C@@H]1O[C@@H](C(=O)O)[C@@H](OC)[C@H](O)[C@H]1OS(=O)(=O)O. The number of aliphatic hydroxyl groups is 1. The van der Waals surface area contributed by atoms with Crippen molar-refractivity contribution in [1.82, 2.24) is 0 Å². The number of hydrogen-bond acceptors (Lipinski definition) is 8. The maximum absolute atomic E-state index is 10.9. The fourth-order valence-electron chi connectivity index (χ4n) is 1.72. The van der Waals surface area contributed by atoms with Gasteiger partial charge in [-0.3, -0.25) is 4.55 Å². The molecule has 1 aliphatic rings. The van der Waals surface area contributed by atoms with Gasteiger partial charge in [-0.25, -0.2) is 8.98 Å². The highest BCUT2D eigenvalue weighted by Crippen LogP contribution is 2.26. The Morgan fingerprint density at radius 1 is 1.21 bits per heavy atom. The van der Waals surface area contributed by atoms with E-state index in [1.165, 1.54) is 0 Å². The van der Waals surface area contributed by atoms with Gasteiger partial charge in [0.1, 0.15) is 12.2 Å². The summed E-state index contributed by atoms with van der Waals surface area (Å²) in [7, 11) is -2.70. The molecule has 0 radical (unpaired) electrons. The molecule has 5 atom stereocenters. The summed E-state index contributed by atoms with van der Waals surface area (Å²) in [4.78, 5) is 10.9. The quantitative estimate of drug-likeness (QED) is 0.487. The van der Waals surface area contributed by atoms with Gasteiger partial charge in [-0.05, 0) is 0 Å². The summed E-state index contributed by atoms with van der Waals surface area (Å²) in [6.45, 7) is 0. The zero-order valence-corrected chi connectivity index (χ0v) is 10.8. The first-order valence-corrected chi connectivity index (χ1v) is 6.35. The lowest BCUT2D eigenvalue weighted by atomic mass is 9.99. The molecule has 10 nitrogen and oxygen atoms in total. The van der Waals surface area contributed by atoms with Gasteiger partial charge in [-0.15, -0.1) is 0 Å². The zero-order valence-electron chi connectivity index (χ0n) is 9.99. The maximum Gasteiger partial charge on any atom is 0.397 e. The van der Waals surface area contributed by atoms with Gasteiger partial charge >= 0.3 is 16.4 Å². The molecule has 1 aliphatic heterocycles. The van der Waals surface area contributed by atoms with Crippen LogP contribution in [0.4, 0.5) is 0 Å². The number of carbonyl (C=O) groups is 1. The highest BCUT2D eigenvalue weighted by Gasteiger charge is 2.51. The predicted octanol–water partition coefficient (Wildman–Crippen LogP) is -1.99. The first-order chi connectivity index (χ1) is 8.71. The van der Waals surface area contributed by atoms with Gasteiger partial charge in [0, 0.05) is 14.2 Å². The van der Waals surface area contributed by atoms with Gasteiger partial charge in [0.25, 0.3) is 0 Å². The molecule has 1 heterocycles. The summed E-state index contributed by atoms with van der Waals surface area (Å²) in [5, 5.41) is 18.8. The van der Waals surface area contributed by atoms with E-state index < -0.39 is 47.1 Å². The molecule has 1 fully saturated rings. The molecular formula is C8H14O10S. The summed E-state index contributed by atoms with van der Waals surface area (Å²) in [5.41, 5.74) is 0. The number of carboxylic acids is 1. The van der Waals surface area contributed by atoms with Crippen molar-refractivity contribution < 1.29 is 46.4 Å². The van der Waals surface area contributed by atoms with Crippen LogP contribution >= 0.6 is 0 Å². The molecule has 11 heteroatoms. The summed E-state index contributed by atoms with van der Waals surface area (Å²) in [5.74, 6) is -1.43. The van der Waals surface area contributed by atoms with E-state index in [1.54, 1.807) is 0 Å². The molecule has 0 bridgehead atoms. The van der Waals surface area contributed by atoms with Crippen LogP contribution in [0.1, 0.15) is 0 Å². The van der Waals surface area contributed by atoms with Gasteiger partial charge in [0.05, 0.1) is 0 Å². The topological polar surface area (TPSA) is 149 Å². The van der Waals surface area contributed by atoms with Gasteiger partial charge in [-0.1, -0.05) is 0 Å². The molecule has 0 aromatic heterocycles. The van der Waals surface area contributed by atoms with Crippen LogP contribution in [0.5, 0.6) is 0 Å². The first-order valence-electron chi connectivity index (χ1n) is 4.99. The van der Waals surface area contributed by atoms with Crippen molar-refractivity contribution in [2.24, 2.45) is 0 Å². The van der Waals surface area contributed by atoms with Crippen molar-refractivity contribution in [3.05, 3.63) is 0 Å². The standard InChI is InChI=1S/C8H14O10S/c1-15-4-3(9)5(18-19(12,13)14)8(16-2)17-6(4)7(10)11/h3-6,8-9H,1-2H3,(H,10,11)(H,12,13,14)/t3-,4-,5+,6+,8+/m0/s1. The van der Waals surface area contributed by atoms with E-state index in [0.717, 1.165) is 14.2 Å². The minimum Gasteiger partial charge on any atom is -0.479 e. The third-order valence-corrected chi connectivity index (χ3v) is 2.97. The van der Waals surface area contributed by atoms with Crippen LogP contribution in [0.15, 0.2) is 0 Å². The molecule has 1 rings (SSSR count). The summed E-state index contributed by atoms with van der Waals surface area (Å²) >= 11 is 0. The lowest BCUT2D eigenvalue weighted by molar-refractivity contribution is -0.285. The van der Waals surface area contributed by atoms with Gasteiger partial charge in [0.2, 0.25) is 0 Å². The Kier molecular flexibility index (Phi) is 5.20. The van der Waals surface area contributed by atoms with Crippen LogP contribution in [0.3, 0.4) is 0 Å². The molecule has 0 unspecified atom stereocenters. The number of carboxylic acid groups (broad SMARTS) is 1. The van der Waals surface area contributed by atoms with E-state index in [2.05, 4.69) is 4.18 Å². The van der Waals surface area contributed by atoms with E-state index >= 15 is 0 Å². The molecular weight excluding hydrogens is 288 g/mol. The van der Waals surface area contributed by atoms with Crippen LogP contribution in [0.25, 0.3) is 0 Å². The van der Waals surface area contributed by atoms with Crippen molar-refractivity contribution >= 4 is 16.4 Å². The first kappa shape index (κ1) is 16.2. The maximum atomic E-state index is 10.9. The smallest absolute Gasteiger partial charge is 0.397 e. The van der Waals surface area contributed by atoms with Gasteiger partial charge in [0.15, 0.2) is 18.5 Å². The highest BCUT2D eigenvalue weighted by molar-refractivity contribution is 7.80. The van der Waals surface area contributed by atoms with Crippen molar-refractivity contribution in [2.75, 3.05) is 14.2 Å². The molecule has 112 valence electrons. The van der Waals surface area contributed by atoms with Crippen LogP contribution in [-0.4, -0.2) is 74.1 Å². The molecule has 0 aliphatic carbocycles. The third kappa shape index (κ3) is 3.82. The Hall–Kier alpha value is -0.820. The molecule has 0 amide bonds. The number of rotatable bonds is 5. The highest BCUT2D eigenvalue weighted by atomic mass is 32.3. The van der Waals surface area contributed by atoms with Crippen LogP contribution in [-0.2, 0) is 33.6 Å². The van der Waals surface area contributed by atoms with E-state index in [9.17, 15) is 18.3 Å².